The van der Waals surface area contributed by atoms with E-state index in [1.54, 1.807) is 4.68 Å². The number of allylic oxidation sites excluding steroid dienone is 2. The minimum atomic E-state index is 0.768. The highest BCUT2D eigenvalue weighted by Crippen LogP contribution is 2.26. The molecule has 1 N–H and O–H groups in total. The van der Waals surface area contributed by atoms with Crippen molar-refractivity contribution in [1.82, 2.24) is 20.3 Å². The molecule has 4 rings (SSSR count). The van der Waals surface area contributed by atoms with Crippen LogP contribution in [0.4, 0.5) is 0 Å². The van der Waals surface area contributed by atoms with E-state index in [0.29, 0.717) is 0 Å². The van der Waals surface area contributed by atoms with Gasteiger partial charge in [0.05, 0.1) is 5.52 Å². The number of para-hydroxylation sites is 1. The van der Waals surface area contributed by atoms with Crippen molar-refractivity contribution in [1.29, 1.82) is 0 Å². The average Bonchev–Trinajstić information content (AvgIpc) is 3.11. The molecule has 1 aliphatic carbocycles. The Morgan fingerprint density at radius 1 is 1.00 bits per heavy atom. The fourth-order valence-electron chi connectivity index (χ4n) is 3.29. The quantitative estimate of drug-likeness (QED) is 0.717. The van der Waals surface area contributed by atoms with Crippen LogP contribution in [-0.2, 0) is 6.54 Å². The number of aromatic nitrogens is 3. The van der Waals surface area contributed by atoms with E-state index in [-0.39, 0.29) is 0 Å². The van der Waals surface area contributed by atoms with Crippen LogP contribution >= 0.6 is 12.2 Å². The van der Waals surface area contributed by atoms with Crippen molar-refractivity contribution in [3.05, 3.63) is 71.4 Å². The van der Waals surface area contributed by atoms with Crippen molar-refractivity contribution in [3.8, 4) is 0 Å². The summed E-state index contributed by atoms with van der Waals surface area (Å²) in [5, 5.41) is 12.1. The number of benzene rings is 2. The summed E-state index contributed by atoms with van der Waals surface area (Å²) in [7, 11) is 0. The van der Waals surface area contributed by atoms with E-state index in [1.807, 2.05) is 30.3 Å². The summed E-state index contributed by atoms with van der Waals surface area (Å²) in [5.74, 6) is 0. The first-order valence-corrected chi connectivity index (χ1v) is 9.09. The number of fused-ring (bicyclic) bond motifs is 1. The average molecular weight is 348 g/mol. The Hall–Kier alpha value is -2.53. The van der Waals surface area contributed by atoms with Crippen LogP contribution in [0.25, 0.3) is 11.0 Å². The van der Waals surface area contributed by atoms with Crippen molar-refractivity contribution in [2.75, 3.05) is 0 Å². The van der Waals surface area contributed by atoms with Crippen molar-refractivity contribution >= 4 is 28.2 Å². The van der Waals surface area contributed by atoms with Gasteiger partial charge in [0.2, 0.25) is 0 Å². The SMILES string of the molecule is S=C(C1=C(NCc2ccccc2)CCCC1)n1nnc2ccccc21. The number of hydrogen-bond donors (Lipinski definition) is 1. The van der Waals surface area contributed by atoms with Gasteiger partial charge in [0.25, 0.3) is 0 Å². The van der Waals surface area contributed by atoms with Gasteiger partial charge in [-0.25, -0.2) is 4.68 Å². The van der Waals surface area contributed by atoms with Gasteiger partial charge in [-0.15, -0.1) is 5.10 Å². The van der Waals surface area contributed by atoms with Gasteiger partial charge < -0.3 is 5.32 Å². The molecule has 0 radical (unpaired) electrons. The molecule has 5 heteroatoms. The molecule has 0 unspecified atom stereocenters. The molecule has 25 heavy (non-hydrogen) atoms. The van der Waals surface area contributed by atoms with Crippen LogP contribution in [-0.4, -0.2) is 20.0 Å². The third-order valence-electron chi connectivity index (χ3n) is 4.62. The highest BCUT2D eigenvalue weighted by atomic mass is 32.1. The number of hydrogen-bond acceptors (Lipinski definition) is 4. The van der Waals surface area contributed by atoms with Gasteiger partial charge in [0.15, 0.2) is 0 Å². The lowest BCUT2D eigenvalue weighted by molar-refractivity contribution is 0.625. The molecule has 126 valence electrons. The van der Waals surface area contributed by atoms with E-state index >= 15 is 0 Å². The van der Waals surface area contributed by atoms with E-state index in [2.05, 4.69) is 39.9 Å². The monoisotopic (exact) mass is 348 g/mol. The Balaban J connectivity index is 1.63. The van der Waals surface area contributed by atoms with Crippen molar-refractivity contribution in [3.63, 3.8) is 0 Å². The van der Waals surface area contributed by atoms with Crippen LogP contribution in [0, 0.1) is 0 Å². The largest absolute Gasteiger partial charge is 0.384 e. The fraction of sp³-hybridized carbons (Fsp3) is 0.250. The smallest absolute Gasteiger partial charge is 0.135 e. The van der Waals surface area contributed by atoms with E-state index in [1.165, 1.54) is 29.7 Å². The number of rotatable bonds is 4. The molecule has 2 aromatic carbocycles. The standard InChI is InChI=1S/C20H20N4S/c25-20(24-19-13-7-6-12-18(19)22-23-24)16-10-4-5-11-17(16)21-14-15-8-2-1-3-9-15/h1-3,6-9,12-13,21H,4-5,10-11,14H2. The van der Waals surface area contributed by atoms with Crippen molar-refractivity contribution in [2.24, 2.45) is 0 Å². The molecule has 0 atom stereocenters. The normalized spacial score (nSPS) is 14.7. The lowest BCUT2D eigenvalue weighted by atomic mass is 9.95. The van der Waals surface area contributed by atoms with Gasteiger partial charge in [0, 0.05) is 17.8 Å². The number of nitrogens with one attached hydrogen (secondary N) is 1. The highest BCUT2D eigenvalue weighted by Gasteiger charge is 2.19. The molecule has 0 amide bonds. The van der Waals surface area contributed by atoms with E-state index in [4.69, 9.17) is 12.2 Å². The Bertz CT molecular complexity index is 927. The van der Waals surface area contributed by atoms with E-state index in [9.17, 15) is 0 Å². The first-order chi connectivity index (χ1) is 12.3. The third kappa shape index (κ3) is 3.33. The predicted molar refractivity (Wildman–Crippen MR) is 104 cm³/mol. The molecule has 1 aliphatic rings. The van der Waals surface area contributed by atoms with Crippen molar-refractivity contribution in [2.45, 2.75) is 32.2 Å². The van der Waals surface area contributed by atoms with E-state index < -0.39 is 0 Å². The van der Waals surface area contributed by atoms with Gasteiger partial charge in [-0.1, -0.05) is 59.9 Å². The Morgan fingerprint density at radius 2 is 1.76 bits per heavy atom. The Morgan fingerprint density at radius 3 is 2.64 bits per heavy atom. The molecule has 0 aliphatic heterocycles. The molecule has 0 fully saturated rings. The molecule has 0 spiro atoms. The van der Waals surface area contributed by atoms with Gasteiger partial charge in [-0.05, 0) is 43.4 Å². The van der Waals surface area contributed by atoms with Crippen LogP contribution in [0.1, 0.15) is 31.2 Å². The third-order valence-corrected chi connectivity index (χ3v) is 5.04. The summed E-state index contributed by atoms with van der Waals surface area (Å²) in [4.78, 5) is 0.768. The van der Waals surface area contributed by atoms with Gasteiger partial charge >= 0.3 is 0 Å². The molecule has 0 bridgehead atoms. The predicted octanol–water partition coefficient (Wildman–Crippen LogP) is 4.22. The Kier molecular flexibility index (Phi) is 4.57. The maximum Gasteiger partial charge on any atom is 0.135 e. The summed E-state index contributed by atoms with van der Waals surface area (Å²) in [6.45, 7) is 0.820. The topological polar surface area (TPSA) is 42.7 Å². The maximum atomic E-state index is 5.79. The second-order valence-corrected chi connectivity index (χ2v) is 6.69. The molecular weight excluding hydrogens is 328 g/mol. The first-order valence-electron chi connectivity index (χ1n) is 8.68. The van der Waals surface area contributed by atoms with Gasteiger partial charge in [-0.3, -0.25) is 0 Å². The van der Waals surface area contributed by atoms with Crippen molar-refractivity contribution < 1.29 is 0 Å². The number of thiocarbonyl (C=S) groups is 1. The second-order valence-electron chi connectivity index (χ2n) is 6.30. The van der Waals surface area contributed by atoms with Gasteiger partial charge in [-0.2, -0.15) is 0 Å². The lowest BCUT2D eigenvalue weighted by Gasteiger charge is -2.22. The minimum absolute atomic E-state index is 0.768. The molecule has 0 saturated heterocycles. The molecule has 1 aromatic heterocycles. The van der Waals surface area contributed by atoms with Gasteiger partial charge in [0.1, 0.15) is 10.5 Å². The zero-order valence-corrected chi connectivity index (χ0v) is 14.8. The maximum absolute atomic E-state index is 5.79. The van der Waals surface area contributed by atoms with Crippen LogP contribution < -0.4 is 5.32 Å². The number of nitrogens with zero attached hydrogens (tertiary/aromatic N) is 3. The molecule has 4 nitrogen and oxygen atoms in total. The second kappa shape index (κ2) is 7.15. The van der Waals surface area contributed by atoms with E-state index in [0.717, 1.165) is 35.4 Å². The fourth-order valence-corrected chi connectivity index (χ4v) is 3.65. The molecule has 1 heterocycles. The molecular formula is C20H20N4S. The van der Waals surface area contributed by atoms with Crippen LogP contribution in [0.15, 0.2) is 65.9 Å². The summed E-state index contributed by atoms with van der Waals surface area (Å²) < 4.78 is 1.80. The summed E-state index contributed by atoms with van der Waals surface area (Å²) in [6, 6.07) is 18.4. The lowest BCUT2D eigenvalue weighted by Crippen LogP contribution is -2.24. The Labute approximate surface area is 152 Å². The molecule has 3 aromatic rings. The molecule has 0 saturated carbocycles. The summed E-state index contributed by atoms with van der Waals surface area (Å²) >= 11 is 5.79. The first kappa shape index (κ1) is 16.0. The highest BCUT2D eigenvalue weighted by molar-refractivity contribution is 7.80. The zero-order chi connectivity index (χ0) is 17.1. The summed E-state index contributed by atoms with van der Waals surface area (Å²) in [5.41, 5.74) is 5.57. The zero-order valence-electron chi connectivity index (χ0n) is 14.0. The van der Waals surface area contributed by atoms with Crippen LogP contribution in [0.3, 0.4) is 0 Å². The summed E-state index contributed by atoms with van der Waals surface area (Å²) in [6.07, 6.45) is 4.39. The minimum Gasteiger partial charge on any atom is -0.384 e. The van der Waals surface area contributed by atoms with Crippen LogP contribution in [0.2, 0.25) is 0 Å². The van der Waals surface area contributed by atoms with Crippen LogP contribution in [0.5, 0.6) is 0 Å².